The summed E-state index contributed by atoms with van der Waals surface area (Å²) in [4.78, 5) is 11.3. The van der Waals surface area contributed by atoms with Crippen LogP contribution in [0.4, 0.5) is 8.78 Å². The van der Waals surface area contributed by atoms with Crippen LogP contribution in [-0.4, -0.2) is 52.4 Å². The molecule has 1 saturated heterocycles. The zero-order chi connectivity index (χ0) is 22.4. The van der Waals surface area contributed by atoms with Gasteiger partial charge in [-0.25, -0.2) is 8.78 Å². The second kappa shape index (κ2) is 6.87. The van der Waals surface area contributed by atoms with Crippen molar-refractivity contribution in [3.05, 3.63) is 23.8 Å². The van der Waals surface area contributed by atoms with Crippen LogP contribution in [0.1, 0.15) is 52.9 Å². The molecule has 1 aliphatic heterocycles. The lowest BCUT2D eigenvalue weighted by atomic mass is 9.45. The van der Waals surface area contributed by atoms with Gasteiger partial charge in [0, 0.05) is 16.7 Å². The van der Waals surface area contributed by atoms with E-state index in [1.807, 2.05) is 6.26 Å². The highest BCUT2D eigenvalue weighted by atomic mass is 32.2. The highest BCUT2D eigenvalue weighted by Gasteiger charge is 2.78. The molecule has 7 heteroatoms. The smallest absolute Gasteiger partial charge is 0.178 e. The van der Waals surface area contributed by atoms with Gasteiger partial charge in [0.2, 0.25) is 0 Å². The van der Waals surface area contributed by atoms with Crippen LogP contribution in [0.15, 0.2) is 23.8 Å². The van der Waals surface area contributed by atoms with Crippen molar-refractivity contribution in [1.29, 1.82) is 0 Å². The van der Waals surface area contributed by atoms with E-state index in [1.165, 1.54) is 18.2 Å². The van der Waals surface area contributed by atoms with E-state index in [-0.39, 0.29) is 42.5 Å². The Bertz CT molecular complexity index is 863. The number of fused-ring (bicyclic) bond motifs is 7. The predicted molar refractivity (Wildman–Crippen MR) is 115 cm³/mol. The molecule has 0 radical (unpaired) electrons. The van der Waals surface area contributed by atoms with Gasteiger partial charge >= 0.3 is 0 Å². The number of hydrogen-bond donors (Lipinski definition) is 1. The number of ketones is 1. The summed E-state index contributed by atoms with van der Waals surface area (Å²) in [6.45, 7) is 5.78. The summed E-state index contributed by atoms with van der Waals surface area (Å²) in [7, 11) is 0. The van der Waals surface area contributed by atoms with E-state index >= 15 is 8.78 Å². The normalized spacial score (nSPS) is 55.3. The van der Waals surface area contributed by atoms with Gasteiger partial charge in [-0.15, -0.1) is 11.8 Å². The summed E-state index contributed by atoms with van der Waals surface area (Å²) in [6, 6.07) is 0. The molecule has 0 aromatic carbocycles. The molecule has 4 aliphatic carbocycles. The Balaban J connectivity index is 1.59. The highest BCUT2D eigenvalue weighted by molar-refractivity contribution is 7.99. The maximum absolute atomic E-state index is 17.1. The Labute approximate surface area is 186 Å². The van der Waals surface area contributed by atoms with E-state index < -0.39 is 39.6 Å². The number of ether oxygens (including phenoxy) is 2. The molecule has 31 heavy (non-hydrogen) atoms. The van der Waals surface area contributed by atoms with Gasteiger partial charge in [0.05, 0.1) is 12.2 Å². The van der Waals surface area contributed by atoms with Gasteiger partial charge in [0.1, 0.15) is 11.1 Å². The van der Waals surface area contributed by atoms with Crippen LogP contribution >= 0.6 is 11.8 Å². The molecule has 0 bridgehead atoms. The molecular weight excluding hydrogens is 422 g/mol. The van der Waals surface area contributed by atoms with Gasteiger partial charge in [0.25, 0.3) is 0 Å². The van der Waals surface area contributed by atoms with Crippen LogP contribution in [0.2, 0.25) is 0 Å². The summed E-state index contributed by atoms with van der Waals surface area (Å²) < 4.78 is 45.4. The Morgan fingerprint density at radius 2 is 2.03 bits per heavy atom. The fraction of sp³-hybridized carbons (Fsp3) is 0.792. The van der Waals surface area contributed by atoms with Crippen LogP contribution in [0.3, 0.4) is 0 Å². The molecule has 1 heterocycles. The number of thioether (sulfide) groups is 1. The summed E-state index contributed by atoms with van der Waals surface area (Å²) in [5.74, 6) is -1.21. The number of carbonyl (C=O) groups excluding carboxylic acids is 1. The summed E-state index contributed by atoms with van der Waals surface area (Å²) >= 11 is 1.58. The zero-order valence-electron chi connectivity index (χ0n) is 18.6. The monoisotopic (exact) mass is 454 g/mol. The third kappa shape index (κ3) is 2.50. The Morgan fingerprint density at radius 3 is 2.71 bits per heavy atom. The van der Waals surface area contributed by atoms with E-state index in [0.717, 1.165) is 12.8 Å². The number of aliphatic hydroxyl groups excluding tert-OH is 1. The van der Waals surface area contributed by atoms with Gasteiger partial charge in [-0.2, -0.15) is 0 Å². The number of aliphatic hydroxyl groups is 1. The molecule has 0 aromatic rings. The molecule has 4 fully saturated rings. The van der Waals surface area contributed by atoms with Gasteiger partial charge in [0.15, 0.2) is 17.7 Å². The van der Waals surface area contributed by atoms with Crippen LogP contribution in [0.5, 0.6) is 0 Å². The Kier molecular flexibility index (Phi) is 4.89. The van der Waals surface area contributed by atoms with Gasteiger partial charge in [-0.3, -0.25) is 4.79 Å². The molecule has 10 atom stereocenters. The van der Waals surface area contributed by atoms with Crippen molar-refractivity contribution < 1.29 is 28.2 Å². The molecule has 5 rings (SSSR count). The van der Waals surface area contributed by atoms with Crippen molar-refractivity contribution in [2.24, 2.45) is 22.7 Å². The first-order valence-corrected chi connectivity index (χ1v) is 12.6. The lowest BCUT2D eigenvalue weighted by molar-refractivity contribution is -0.221. The largest absolute Gasteiger partial charge is 0.390 e. The van der Waals surface area contributed by atoms with Crippen molar-refractivity contribution in [3.8, 4) is 0 Å². The number of halogens is 2. The quantitative estimate of drug-likeness (QED) is 0.680. The number of alkyl halides is 2. The SMILES string of the molecule is CCC[C@@H]1O[C@@H]2C[C@H]3[C@@H]4C[C@H](F)C5=CC(=O)C=C[C@]5(C)[C@@]4(F)[C@@H](O)C[C@]3(C)[C@]2(SC)O1. The lowest BCUT2D eigenvalue weighted by Gasteiger charge is -2.63. The van der Waals surface area contributed by atoms with Gasteiger partial charge < -0.3 is 14.6 Å². The number of hydrogen-bond acceptors (Lipinski definition) is 5. The molecule has 3 saturated carbocycles. The average Bonchev–Trinajstić information content (AvgIpc) is 3.18. The minimum Gasteiger partial charge on any atom is -0.390 e. The fourth-order valence-corrected chi connectivity index (χ4v) is 9.00. The number of carbonyl (C=O) groups is 1. The second-order valence-electron chi connectivity index (χ2n) is 10.4. The lowest BCUT2D eigenvalue weighted by Crippen LogP contribution is -2.69. The van der Waals surface area contributed by atoms with E-state index in [2.05, 4.69) is 13.8 Å². The van der Waals surface area contributed by atoms with Crippen LogP contribution in [-0.2, 0) is 14.3 Å². The summed E-state index contributed by atoms with van der Waals surface area (Å²) in [5.41, 5.74) is -3.79. The average molecular weight is 455 g/mol. The van der Waals surface area contributed by atoms with Crippen molar-refractivity contribution >= 4 is 17.5 Å². The van der Waals surface area contributed by atoms with Crippen molar-refractivity contribution in [2.75, 3.05) is 6.26 Å². The highest BCUT2D eigenvalue weighted by Crippen LogP contribution is 2.73. The second-order valence-corrected chi connectivity index (χ2v) is 11.4. The molecule has 4 nitrogen and oxygen atoms in total. The van der Waals surface area contributed by atoms with E-state index in [0.29, 0.717) is 6.42 Å². The molecule has 0 spiro atoms. The standard InChI is InChI=1S/C24H32F2O4S/c1-5-6-20-29-19-11-14-15-10-17(25)16-9-13(27)7-8-21(16,2)23(15,26)18(28)12-22(14,3)24(19,30-20)31-4/h7-9,14-15,17-20,28H,5-6,10-12H2,1-4H3/t14-,15-,17-,18-,19+,20+,21-,22-,23-,24-/m0/s1. The van der Waals surface area contributed by atoms with E-state index in [9.17, 15) is 9.90 Å². The maximum Gasteiger partial charge on any atom is 0.178 e. The minimum absolute atomic E-state index is 0.0358. The fourth-order valence-electron chi connectivity index (χ4n) is 7.68. The summed E-state index contributed by atoms with van der Waals surface area (Å²) in [6.07, 6.45) is 5.28. The first-order valence-electron chi connectivity index (χ1n) is 11.4. The molecule has 0 unspecified atom stereocenters. The number of allylic oxidation sites excluding steroid dienone is 4. The molecule has 5 aliphatic rings. The van der Waals surface area contributed by atoms with Gasteiger partial charge in [-0.05, 0) is 62.5 Å². The maximum atomic E-state index is 17.1. The molecule has 1 N–H and O–H groups in total. The molecular formula is C24H32F2O4S. The minimum atomic E-state index is -2.05. The predicted octanol–water partition coefficient (Wildman–Crippen LogP) is 4.52. The van der Waals surface area contributed by atoms with Crippen LogP contribution in [0.25, 0.3) is 0 Å². The van der Waals surface area contributed by atoms with Crippen molar-refractivity contribution in [2.45, 2.75) is 88.1 Å². The van der Waals surface area contributed by atoms with Crippen LogP contribution < -0.4 is 0 Å². The number of rotatable bonds is 3. The van der Waals surface area contributed by atoms with Crippen LogP contribution in [0, 0.1) is 22.7 Å². The Morgan fingerprint density at radius 1 is 1.29 bits per heavy atom. The zero-order valence-corrected chi connectivity index (χ0v) is 19.4. The molecule has 0 aromatic heterocycles. The molecule has 172 valence electrons. The van der Waals surface area contributed by atoms with Gasteiger partial charge in [-0.1, -0.05) is 26.3 Å². The first-order chi connectivity index (χ1) is 14.6. The Hall–Kier alpha value is -0.760. The first kappa shape index (κ1) is 22.1. The third-order valence-electron chi connectivity index (χ3n) is 9.16. The topological polar surface area (TPSA) is 55.8 Å². The van der Waals surface area contributed by atoms with Crippen molar-refractivity contribution in [1.82, 2.24) is 0 Å². The summed E-state index contributed by atoms with van der Waals surface area (Å²) in [5, 5.41) is 11.4. The van der Waals surface area contributed by atoms with Crippen molar-refractivity contribution in [3.63, 3.8) is 0 Å². The third-order valence-corrected chi connectivity index (χ3v) is 10.6. The molecule has 0 amide bonds. The van der Waals surface area contributed by atoms with E-state index in [4.69, 9.17) is 9.47 Å². The van der Waals surface area contributed by atoms with E-state index in [1.54, 1.807) is 18.7 Å².